The van der Waals surface area contributed by atoms with E-state index in [1.54, 1.807) is 49.4 Å². The number of hydrogen-bond acceptors (Lipinski definition) is 4. The predicted octanol–water partition coefficient (Wildman–Crippen LogP) is 3.22. The van der Waals surface area contributed by atoms with E-state index in [0.717, 1.165) is 17.9 Å². The van der Waals surface area contributed by atoms with E-state index in [1.807, 2.05) is 6.07 Å². The maximum Gasteiger partial charge on any atom is 0.416 e. The quantitative estimate of drug-likeness (QED) is 0.363. The number of alkyl halides is 3. The molecule has 1 unspecified atom stereocenters. The lowest BCUT2D eigenvalue weighted by Gasteiger charge is -2.24. The van der Waals surface area contributed by atoms with E-state index in [2.05, 4.69) is 20.7 Å². The Morgan fingerprint density at radius 1 is 1.19 bits per heavy atom. The second kappa shape index (κ2) is 9.90. The molecule has 0 amide bonds. The number of aliphatic hydroxyl groups is 1. The van der Waals surface area contributed by atoms with Crippen molar-refractivity contribution in [3.05, 3.63) is 77.5 Å². The molecule has 0 fully saturated rings. The zero-order valence-electron chi connectivity index (χ0n) is 17.9. The van der Waals surface area contributed by atoms with Crippen molar-refractivity contribution in [3.8, 4) is 0 Å². The highest BCUT2D eigenvalue weighted by atomic mass is 19.4. The molecule has 0 aliphatic heterocycles. The summed E-state index contributed by atoms with van der Waals surface area (Å²) in [6.07, 6.45) is 1.05. The van der Waals surface area contributed by atoms with Gasteiger partial charge in [-0.2, -0.15) is 18.3 Å². The van der Waals surface area contributed by atoms with Crippen LogP contribution in [0.15, 0.2) is 64.5 Å². The largest absolute Gasteiger partial charge is 0.469 e. The molecule has 3 aromatic rings. The Morgan fingerprint density at radius 2 is 2.00 bits per heavy atom. The third-order valence-electron chi connectivity index (χ3n) is 4.84. The van der Waals surface area contributed by atoms with Gasteiger partial charge in [0.25, 0.3) is 0 Å². The fourth-order valence-corrected chi connectivity index (χ4v) is 3.01. The first kappa shape index (κ1) is 23.4. The molecule has 3 rings (SSSR count). The van der Waals surface area contributed by atoms with E-state index in [-0.39, 0.29) is 13.1 Å². The minimum Gasteiger partial charge on any atom is -0.469 e. The maximum atomic E-state index is 13.0. The van der Waals surface area contributed by atoms with E-state index >= 15 is 0 Å². The molecule has 2 heterocycles. The summed E-state index contributed by atoms with van der Waals surface area (Å²) in [4.78, 5) is 4.40. The fourth-order valence-electron chi connectivity index (χ4n) is 3.01. The topological polar surface area (TPSA) is 87.6 Å². The molecule has 3 N–H and O–H groups in total. The molecule has 1 aromatic carbocycles. The number of aliphatic imine (C=N–C) groups is 1. The van der Waals surface area contributed by atoms with Gasteiger partial charge in [-0.05, 0) is 36.8 Å². The van der Waals surface area contributed by atoms with Crippen LogP contribution < -0.4 is 10.6 Å². The van der Waals surface area contributed by atoms with E-state index in [1.165, 1.54) is 6.07 Å². The second-order valence-electron chi connectivity index (χ2n) is 7.65. The van der Waals surface area contributed by atoms with Gasteiger partial charge in [0.15, 0.2) is 5.96 Å². The van der Waals surface area contributed by atoms with Crippen molar-refractivity contribution in [1.82, 2.24) is 20.4 Å². The number of benzene rings is 1. The third kappa shape index (κ3) is 6.61. The van der Waals surface area contributed by atoms with Crippen LogP contribution in [-0.2, 0) is 31.8 Å². The first-order valence-corrected chi connectivity index (χ1v) is 10.1. The highest BCUT2D eigenvalue weighted by Gasteiger charge is 2.30. The van der Waals surface area contributed by atoms with Crippen LogP contribution in [0.25, 0.3) is 0 Å². The molecule has 0 bridgehead atoms. The summed E-state index contributed by atoms with van der Waals surface area (Å²) in [5, 5.41) is 21.1. The average molecular weight is 449 g/mol. The maximum absolute atomic E-state index is 13.0. The number of furan rings is 1. The molecular formula is C22H26F3N5O2. The molecule has 0 aliphatic rings. The SMILES string of the molecule is Cn1cc(C(C)(O)CNC(=NCc2cccc(C(F)(F)F)c2)NCCc2ccco2)cn1. The highest BCUT2D eigenvalue weighted by molar-refractivity contribution is 5.79. The molecule has 0 saturated heterocycles. The zero-order valence-corrected chi connectivity index (χ0v) is 17.9. The first-order valence-electron chi connectivity index (χ1n) is 10.1. The van der Waals surface area contributed by atoms with Gasteiger partial charge in [-0.1, -0.05) is 12.1 Å². The van der Waals surface area contributed by atoms with Crippen LogP contribution >= 0.6 is 0 Å². The van der Waals surface area contributed by atoms with Crippen LogP contribution in [0.2, 0.25) is 0 Å². The highest BCUT2D eigenvalue weighted by Crippen LogP contribution is 2.29. The van der Waals surface area contributed by atoms with Crippen molar-refractivity contribution in [2.45, 2.75) is 31.7 Å². The van der Waals surface area contributed by atoms with Gasteiger partial charge in [0.05, 0.1) is 31.1 Å². The van der Waals surface area contributed by atoms with Gasteiger partial charge in [-0.15, -0.1) is 0 Å². The Kier molecular flexibility index (Phi) is 7.24. The molecule has 0 spiro atoms. The normalized spacial score (nSPS) is 14.2. The van der Waals surface area contributed by atoms with E-state index in [9.17, 15) is 18.3 Å². The summed E-state index contributed by atoms with van der Waals surface area (Å²) in [6.45, 7) is 2.28. The standard InChI is InChI=1S/C22H26F3N5O2/c1-21(31,18-13-29-30(2)14-18)15-28-20(26-9-8-19-7-4-10-32-19)27-12-16-5-3-6-17(11-16)22(23,24)25/h3-7,10-11,13-14,31H,8-9,12,15H2,1-2H3,(H2,26,27,28). The van der Waals surface area contributed by atoms with Crippen LogP contribution in [-0.4, -0.2) is 33.9 Å². The molecule has 172 valence electrons. The molecule has 0 saturated carbocycles. The Morgan fingerprint density at radius 3 is 2.66 bits per heavy atom. The Bertz CT molecular complexity index is 1030. The predicted molar refractivity (Wildman–Crippen MR) is 114 cm³/mol. The van der Waals surface area contributed by atoms with Gasteiger partial charge in [0, 0.05) is 31.8 Å². The molecule has 10 heteroatoms. The van der Waals surface area contributed by atoms with Crippen molar-refractivity contribution in [2.24, 2.45) is 12.0 Å². The molecule has 32 heavy (non-hydrogen) atoms. The van der Waals surface area contributed by atoms with Gasteiger partial charge >= 0.3 is 6.18 Å². The van der Waals surface area contributed by atoms with Crippen LogP contribution in [0.5, 0.6) is 0 Å². The molecular weight excluding hydrogens is 423 g/mol. The lowest BCUT2D eigenvalue weighted by Crippen LogP contribution is -2.45. The van der Waals surface area contributed by atoms with Gasteiger partial charge in [-0.3, -0.25) is 4.68 Å². The van der Waals surface area contributed by atoms with Crippen LogP contribution in [0.3, 0.4) is 0 Å². The number of guanidine groups is 1. The van der Waals surface area contributed by atoms with Crippen molar-refractivity contribution in [1.29, 1.82) is 0 Å². The van der Waals surface area contributed by atoms with Gasteiger partial charge in [-0.25, -0.2) is 4.99 Å². The molecule has 1 atom stereocenters. The summed E-state index contributed by atoms with van der Waals surface area (Å²) in [5.41, 5.74) is -0.898. The van der Waals surface area contributed by atoms with Crippen molar-refractivity contribution in [2.75, 3.05) is 13.1 Å². The van der Waals surface area contributed by atoms with E-state index in [4.69, 9.17) is 4.42 Å². The zero-order chi connectivity index (χ0) is 23.2. The average Bonchev–Trinajstić information content (AvgIpc) is 3.41. The summed E-state index contributed by atoms with van der Waals surface area (Å²) in [5.74, 6) is 1.15. The van der Waals surface area contributed by atoms with Crippen LogP contribution in [0, 0.1) is 0 Å². The number of nitrogens with one attached hydrogen (secondary N) is 2. The van der Waals surface area contributed by atoms with E-state index < -0.39 is 17.3 Å². The van der Waals surface area contributed by atoms with Crippen molar-refractivity contribution in [3.63, 3.8) is 0 Å². The van der Waals surface area contributed by atoms with Gasteiger partial charge < -0.3 is 20.2 Å². The first-order chi connectivity index (χ1) is 15.1. The summed E-state index contributed by atoms with van der Waals surface area (Å²) < 4.78 is 45.8. The summed E-state index contributed by atoms with van der Waals surface area (Å²) >= 11 is 0. The van der Waals surface area contributed by atoms with Gasteiger partial charge in [0.1, 0.15) is 11.4 Å². The van der Waals surface area contributed by atoms with Gasteiger partial charge in [0.2, 0.25) is 0 Å². The molecule has 0 radical (unpaired) electrons. The van der Waals surface area contributed by atoms with Crippen LogP contribution in [0.4, 0.5) is 13.2 Å². The van der Waals surface area contributed by atoms with E-state index in [0.29, 0.717) is 30.1 Å². The Balaban J connectivity index is 1.69. The lowest BCUT2D eigenvalue weighted by molar-refractivity contribution is -0.137. The monoisotopic (exact) mass is 449 g/mol. The minimum absolute atomic E-state index is 0.0367. The minimum atomic E-state index is -4.41. The van der Waals surface area contributed by atoms with Crippen molar-refractivity contribution >= 4 is 5.96 Å². The summed E-state index contributed by atoms with van der Waals surface area (Å²) in [6, 6.07) is 8.70. The third-order valence-corrected chi connectivity index (χ3v) is 4.84. The molecule has 7 nitrogen and oxygen atoms in total. The number of halogens is 3. The fraction of sp³-hybridized carbons (Fsp3) is 0.364. The number of aryl methyl sites for hydroxylation is 1. The Labute approximate surface area is 184 Å². The number of aromatic nitrogens is 2. The number of hydrogen-bond donors (Lipinski definition) is 3. The lowest BCUT2D eigenvalue weighted by atomic mass is 10.00. The molecule has 0 aliphatic carbocycles. The second-order valence-corrected chi connectivity index (χ2v) is 7.65. The van der Waals surface area contributed by atoms with Crippen molar-refractivity contribution < 1.29 is 22.7 Å². The number of nitrogens with zero attached hydrogens (tertiary/aromatic N) is 3. The van der Waals surface area contributed by atoms with Crippen LogP contribution in [0.1, 0.15) is 29.4 Å². The summed E-state index contributed by atoms with van der Waals surface area (Å²) in [7, 11) is 1.76. The number of rotatable bonds is 8. The molecule has 2 aromatic heterocycles. The Hall–Kier alpha value is -3.27. The smallest absolute Gasteiger partial charge is 0.416 e.